The number of rotatable bonds is 3. The van der Waals surface area contributed by atoms with Gasteiger partial charge in [0, 0.05) is 33.9 Å². The van der Waals surface area contributed by atoms with Crippen molar-refractivity contribution in [2.75, 3.05) is 13.1 Å². The second kappa shape index (κ2) is 5.64. The third kappa shape index (κ3) is 2.70. The van der Waals surface area contributed by atoms with Gasteiger partial charge in [-0.3, -0.25) is 0 Å². The zero-order chi connectivity index (χ0) is 15.0. The quantitative estimate of drug-likeness (QED) is 0.923. The summed E-state index contributed by atoms with van der Waals surface area (Å²) in [5, 5.41) is 4.80. The molecule has 1 aliphatic heterocycles. The van der Waals surface area contributed by atoms with E-state index in [9.17, 15) is 0 Å². The van der Waals surface area contributed by atoms with Crippen LogP contribution >= 0.6 is 23.2 Å². The van der Waals surface area contributed by atoms with Gasteiger partial charge in [0.25, 0.3) is 0 Å². The van der Waals surface area contributed by atoms with Crippen LogP contribution in [0.4, 0.5) is 0 Å². The van der Waals surface area contributed by atoms with Crippen molar-refractivity contribution in [2.24, 2.45) is 0 Å². The van der Waals surface area contributed by atoms with Crippen molar-refractivity contribution in [1.29, 1.82) is 0 Å². The van der Waals surface area contributed by atoms with Gasteiger partial charge in [0.2, 0.25) is 0 Å². The molecule has 112 valence electrons. The summed E-state index contributed by atoms with van der Waals surface area (Å²) in [5.74, 6) is 0. The smallest absolute Gasteiger partial charge is 0.0954 e. The number of hydrogen-bond donors (Lipinski definition) is 1. The molecule has 2 atom stereocenters. The maximum absolute atomic E-state index is 6.36. The highest BCUT2D eigenvalue weighted by Crippen LogP contribution is 2.35. The van der Waals surface area contributed by atoms with Crippen LogP contribution in [-0.4, -0.2) is 22.6 Å². The normalized spacial score (nSPS) is 23.4. The monoisotopic (exact) mass is 323 g/mol. The average molecular weight is 324 g/mol. The van der Waals surface area contributed by atoms with Crippen LogP contribution in [0.15, 0.2) is 30.7 Å². The molecule has 3 nitrogen and oxygen atoms in total. The Bertz CT molecular complexity index is 645. The van der Waals surface area contributed by atoms with Crippen molar-refractivity contribution in [3.8, 4) is 0 Å². The van der Waals surface area contributed by atoms with E-state index in [1.54, 1.807) is 6.07 Å². The predicted molar refractivity (Wildman–Crippen MR) is 87.3 cm³/mol. The topological polar surface area (TPSA) is 29.9 Å². The number of hydrogen-bond acceptors (Lipinski definition) is 2. The average Bonchev–Trinajstić information content (AvgIpc) is 3.07. The lowest BCUT2D eigenvalue weighted by atomic mass is 9.86. The molecular formula is C16H19Cl2N3. The maximum Gasteiger partial charge on any atom is 0.0954 e. The molecule has 1 fully saturated rings. The second-order valence-corrected chi connectivity index (χ2v) is 6.86. The van der Waals surface area contributed by atoms with Gasteiger partial charge in [-0.15, -0.1) is 0 Å². The van der Waals surface area contributed by atoms with E-state index in [0.717, 1.165) is 25.1 Å². The lowest BCUT2D eigenvalue weighted by Gasteiger charge is -2.27. The van der Waals surface area contributed by atoms with Gasteiger partial charge in [0.15, 0.2) is 0 Å². The van der Waals surface area contributed by atoms with E-state index in [2.05, 4.69) is 28.7 Å². The van der Waals surface area contributed by atoms with Crippen LogP contribution in [0, 0.1) is 0 Å². The Morgan fingerprint density at radius 1 is 1.38 bits per heavy atom. The first kappa shape index (κ1) is 14.9. The summed E-state index contributed by atoms with van der Waals surface area (Å²) in [4.78, 5) is 4.37. The molecule has 0 radical (unpaired) electrons. The van der Waals surface area contributed by atoms with Crippen molar-refractivity contribution in [3.05, 3.63) is 52.0 Å². The van der Waals surface area contributed by atoms with E-state index in [1.165, 1.54) is 5.69 Å². The SMILES string of the molecule is CC(c1ccc(Cl)cc1Cl)n1cncc1C1(C)CCNC1. The molecule has 1 saturated heterocycles. The summed E-state index contributed by atoms with van der Waals surface area (Å²) < 4.78 is 2.22. The number of aromatic nitrogens is 2. The fraction of sp³-hybridized carbons (Fsp3) is 0.438. The first-order chi connectivity index (χ1) is 10.0. The highest BCUT2D eigenvalue weighted by Gasteiger charge is 2.34. The van der Waals surface area contributed by atoms with Crippen LogP contribution in [0.5, 0.6) is 0 Å². The number of benzene rings is 1. The highest BCUT2D eigenvalue weighted by atomic mass is 35.5. The van der Waals surface area contributed by atoms with Gasteiger partial charge >= 0.3 is 0 Å². The Morgan fingerprint density at radius 2 is 2.19 bits per heavy atom. The van der Waals surface area contributed by atoms with E-state index in [1.807, 2.05) is 24.7 Å². The Kier molecular flexibility index (Phi) is 4.00. The fourth-order valence-corrected chi connectivity index (χ4v) is 3.67. The molecule has 21 heavy (non-hydrogen) atoms. The van der Waals surface area contributed by atoms with E-state index < -0.39 is 0 Å². The summed E-state index contributed by atoms with van der Waals surface area (Å²) in [5.41, 5.74) is 2.45. The summed E-state index contributed by atoms with van der Waals surface area (Å²) in [6, 6.07) is 5.80. The summed E-state index contributed by atoms with van der Waals surface area (Å²) in [6.45, 7) is 6.47. The molecule has 1 aliphatic rings. The van der Waals surface area contributed by atoms with E-state index in [4.69, 9.17) is 23.2 Å². The molecular weight excluding hydrogens is 305 g/mol. The van der Waals surface area contributed by atoms with Crippen LogP contribution < -0.4 is 5.32 Å². The minimum Gasteiger partial charge on any atom is -0.327 e. The third-order valence-electron chi connectivity index (χ3n) is 4.48. The number of nitrogens with zero attached hydrogens (tertiary/aromatic N) is 2. The summed E-state index contributed by atoms with van der Waals surface area (Å²) in [7, 11) is 0. The minimum atomic E-state index is 0.129. The Labute approximate surface area is 135 Å². The zero-order valence-corrected chi connectivity index (χ0v) is 13.7. The van der Waals surface area contributed by atoms with Gasteiger partial charge in [-0.2, -0.15) is 0 Å². The van der Waals surface area contributed by atoms with Crippen molar-refractivity contribution in [2.45, 2.75) is 31.7 Å². The van der Waals surface area contributed by atoms with Crippen LogP contribution in [0.1, 0.15) is 37.6 Å². The first-order valence-corrected chi connectivity index (χ1v) is 7.95. The van der Waals surface area contributed by atoms with Crippen LogP contribution in [0.3, 0.4) is 0 Å². The molecule has 5 heteroatoms. The maximum atomic E-state index is 6.36. The molecule has 2 aromatic rings. The molecule has 0 amide bonds. The minimum absolute atomic E-state index is 0.129. The van der Waals surface area contributed by atoms with E-state index in [-0.39, 0.29) is 11.5 Å². The Morgan fingerprint density at radius 3 is 2.86 bits per heavy atom. The van der Waals surface area contributed by atoms with Gasteiger partial charge in [0.1, 0.15) is 0 Å². The third-order valence-corrected chi connectivity index (χ3v) is 5.05. The number of imidazole rings is 1. The number of nitrogens with one attached hydrogen (secondary N) is 1. The lowest BCUT2D eigenvalue weighted by molar-refractivity contribution is 0.460. The molecule has 0 spiro atoms. The van der Waals surface area contributed by atoms with Gasteiger partial charge in [-0.05, 0) is 37.6 Å². The van der Waals surface area contributed by atoms with E-state index in [0.29, 0.717) is 10.0 Å². The van der Waals surface area contributed by atoms with Gasteiger partial charge < -0.3 is 9.88 Å². The molecule has 0 saturated carbocycles. The molecule has 0 bridgehead atoms. The summed E-state index contributed by atoms with van der Waals surface area (Å²) >= 11 is 12.3. The predicted octanol–water partition coefficient (Wildman–Crippen LogP) is 4.05. The largest absolute Gasteiger partial charge is 0.327 e. The standard InChI is InChI=1S/C16H19Cl2N3/c1-11(13-4-3-12(17)7-14(13)18)21-10-20-8-15(21)16(2)5-6-19-9-16/h3-4,7-8,10-11,19H,5-6,9H2,1-2H3. The highest BCUT2D eigenvalue weighted by molar-refractivity contribution is 6.35. The van der Waals surface area contributed by atoms with Gasteiger partial charge in [-0.1, -0.05) is 36.2 Å². The van der Waals surface area contributed by atoms with Gasteiger partial charge in [-0.25, -0.2) is 4.98 Å². The number of halogens is 2. The first-order valence-electron chi connectivity index (χ1n) is 7.19. The fourth-order valence-electron chi connectivity index (χ4n) is 3.11. The van der Waals surface area contributed by atoms with Gasteiger partial charge in [0.05, 0.1) is 12.4 Å². The van der Waals surface area contributed by atoms with Crippen LogP contribution in [0.25, 0.3) is 0 Å². The van der Waals surface area contributed by atoms with Crippen molar-refractivity contribution < 1.29 is 0 Å². The molecule has 2 unspecified atom stereocenters. The molecule has 1 aromatic carbocycles. The molecule has 1 aromatic heterocycles. The Balaban J connectivity index is 1.99. The lowest BCUT2D eigenvalue weighted by Crippen LogP contribution is -2.29. The van der Waals surface area contributed by atoms with Crippen LogP contribution in [0.2, 0.25) is 10.0 Å². The molecule has 0 aliphatic carbocycles. The van der Waals surface area contributed by atoms with Crippen molar-refractivity contribution >= 4 is 23.2 Å². The van der Waals surface area contributed by atoms with E-state index >= 15 is 0 Å². The van der Waals surface area contributed by atoms with Crippen molar-refractivity contribution in [1.82, 2.24) is 14.9 Å². The Hall–Kier alpha value is -1.03. The zero-order valence-electron chi connectivity index (χ0n) is 12.2. The molecule has 2 heterocycles. The molecule has 1 N–H and O–H groups in total. The summed E-state index contributed by atoms with van der Waals surface area (Å²) in [6.07, 6.45) is 5.00. The molecule has 3 rings (SSSR count). The second-order valence-electron chi connectivity index (χ2n) is 6.02. The van der Waals surface area contributed by atoms with Crippen molar-refractivity contribution in [3.63, 3.8) is 0 Å². The van der Waals surface area contributed by atoms with Crippen LogP contribution in [-0.2, 0) is 5.41 Å².